The van der Waals surface area contributed by atoms with E-state index in [0.717, 1.165) is 19.4 Å². The van der Waals surface area contributed by atoms with Gasteiger partial charge in [-0.3, -0.25) is 0 Å². The van der Waals surface area contributed by atoms with Gasteiger partial charge in [0.15, 0.2) is 0 Å². The number of phenols is 1. The van der Waals surface area contributed by atoms with Crippen LogP contribution in [0.3, 0.4) is 0 Å². The SMILES string of the molecule is Cc1ccc(C(=O)O)c([C@@H]2CCCN2)c1O. The molecule has 4 nitrogen and oxygen atoms in total. The third-order valence-corrected chi connectivity index (χ3v) is 3.06. The van der Waals surface area contributed by atoms with Crippen molar-refractivity contribution in [3.05, 3.63) is 28.8 Å². The highest BCUT2D eigenvalue weighted by molar-refractivity contribution is 5.90. The Morgan fingerprint density at radius 3 is 2.81 bits per heavy atom. The Morgan fingerprint density at radius 2 is 2.25 bits per heavy atom. The lowest BCUT2D eigenvalue weighted by molar-refractivity contribution is 0.0694. The number of phenolic OH excluding ortho intramolecular Hbond substituents is 1. The molecule has 0 aromatic heterocycles. The zero-order valence-corrected chi connectivity index (χ0v) is 9.16. The van der Waals surface area contributed by atoms with Gasteiger partial charge in [-0.1, -0.05) is 6.07 Å². The van der Waals surface area contributed by atoms with Gasteiger partial charge in [0, 0.05) is 11.6 Å². The monoisotopic (exact) mass is 221 g/mol. The molecule has 86 valence electrons. The molecule has 0 amide bonds. The number of hydrogen-bond acceptors (Lipinski definition) is 3. The van der Waals surface area contributed by atoms with Crippen LogP contribution >= 0.6 is 0 Å². The van der Waals surface area contributed by atoms with Gasteiger partial charge in [-0.2, -0.15) is 0 Å². The number of carbonyl (C=O) groups is 1. The normalized spacial score (nSPS) is 19.9. The van der Waals surface area contributed by atoms with Crippen LogP contribution in [0, 0.1) is 6.92 Å². The van der Waals surface area contributed by atoms with E-state index in [2.05, 4.69) is 5.32 Å². The largest absolute Gasteiger partial charge is 0.507 e. The summed E-state index contributed by atoms with van der Waals surface area (Å²) in [7, 11) is 0. The summed E-state index contributed by atoms with van der Waals surface area (Å²) < 4.78 is 0. The summed E-state index contributed by atoms with van der Waals surface area (Å²) in [6.07, 6.45) is 1.88. The van der Waals surface area contributed by atoms with Crippen molar-refractivity contribution in [1.82, 2.24) is 5.32 Å². The topological polar surface area (TPSA) is 69.6 Å². The number of rotatable bonds is 2. The Labute approximate surface area is 93.9 Å². The lowest BCUT2D eigenvalue weighted by atomic mass is 9.95. The first-order chi connectivity index (χ1) is 7.61. The second-order valence-electron chi connectivity index (χ2n) is 4.15. The highest BCUT2D eigenvalue weighted by atomic mass is 16.4. The molecule has 16 heavy (non-hydrogen) atoms. The van der Waals surface area contributed by atoms with E-state index in [0.29, 0.717) is 11.1 Å². The molecule has 0 saturated carbocycles. The highest BCUT2D eigenvalue weighted by Crippen LogP contribution is 2.35. The van der Waals surface area contributed by atoms with E-state index in [4.69, 9.17) is 5.11 Å². The summed E-state index contributed by atoms with van der Waals surface area (Å²) in [6, 6.07) is 3.16. The maximum Gasteiger partial charge on any atom is 0.336 e. The molecular weight excluding hydrogens is 206 g/mol. The minimum Gasteiger partial charge on any atom is -0.507 e. The highest BCUT2D eigenvalue weighted by Gasteiger charge is 2.25. The minimum atomic E-state index is -0.987. The van der Waals surface area contributed by atoms with Gasteiger partial charge in [0.25, 0.3) is 0 Å². The zero-order valence-electron chi connectivity index (χ0n) is 9.16. The van der Waals surface area contributed by atoms with E-state index in [1.54, 1.807) is 19.1 Å². The summed E-state index contributed by atoms with van der Waals surface area (Å²) in [5.41, 5.74) is 1.45. The summed E-state index contributed by atoms with van der Waals surface area (Å²) in [5, 5.41) is 22.3. The zero-order chi connectivity index (χ0) is 11.7. The van der Waals surface area contributed by atoms with Crippen LogP contribution in [-0.2, 0) is 0 Å². The molecule has 0 radical (unpaired) electrons. The van der Waals surface area contributed by atoms with E-state index >= 15 is 0 Å². The fourth-order valence-electron chi connectivity index (χ4n) is 2.19. The summed E-state index contributed by atoms with van der Waals surface area (Å²) >= 11 is 0. The first-order valence-electron chi connectivity index (χ1n) is 5.40. The van der Waals surface area contributed by atoms with E-state index in [1.807, 2.05) is 0 Å². The van der Waals surface area contributed by atoms with Gasteiger partial charge in [-0.05, 0) is 37.9 Å². The number of carboxylic acids is 1. The Bertz CT molecular complexity index is 423. The summed E-state index contributed by atoms with van der Waals surface area (Å²) in [4.78, 5) is 11.1. The average molecular weight is 221 g/mol. The molecule has 1 aliphatic heterocycles. The van der Waals surface area contributed by atoms with Crippen LogP contribution in [0.5, 0.6) is 5.75 Å². The third kappa shape index (κ3) is 1.76. The number of nitrogens with one attached hydrogen (secondary N) is 1. The number of aryl methyl sites for hydroxylation is 1. The predicted octanol–water partition coefficient (Wildman–Crippen LogP) is 1.82. The van der Waals surface area contributed by atoms with Gasteiger partial charge < -0.3 is 15.5 Å². The molecule has 0 spiro atoms. The van der Waals surface area contributed by atoms with Gasteiger partial charge in [0.2, 0.25) is 0 Å². The Balaban J connectivity index is 2.53. The molecule has 0 unspecified atom stereocenters. The smallest absolute Gasteiger partial charge is 0.336 e. The number of aromatic carboxylic acids is 1. The number of aromatic hydroxyl groups is 1. The van der Waals surface area contributed by atoms with Crippen molar-refractivity contribution < 1.29 is 15.0 Å². The molecule has 1 atom stereocenters. The molecule has 2 rings (SSSR count). The second kappa shape index (κ2) is 4.14. The van der Waals surface area contributed by atoms with E-state index in [-0.39, 0.29) is 17.4 Å². The Kier molecular flexibility index (Phi) is 2.83. The van der Waals surface area contributed by atoms with Gasteiger partial charge in [0.05, 0.1) is 5.56 Å². The van der Waals surface area contributed by atoms with Crippen LogP contribution in [0.25, 0.3) is 0 Å². The molecule has 1 aromatic rings. The van der Waals surface area contributed by atoms with Crippen molar-refractivity contribution >= 4 is 5.97 Å². The van der Waals surface area contributed by atoms with E-state index in [9.17, 15) is 9.90 Å². The van der Waals surface area contributed by atoms with E-state index in [1.165, 1.54) is 0 Å². The number of hydrogen-bond donors (Lipinski definition) is 3. The Hall–Kier alpha value is -1.55. The summed E-state index contributed by atoms with van der Waals surface area (Å²) in [6.45, 7) is 2.65. The maximum atomic E-state index is 11.1. The molecule has 3 N–H and O–H groups in total. The first-order valence-corrected chi connectivity index (χ1v) is 5.40. The van der Waals surface area contributed by atoms with Crippen LogP contribution in [0.2, 0.25) is 0 Å². The van der Waals surface area contributed by atoms with Gasteiger partial charge in [-0.15, -0.1) is 0 Å². The lowest BCUT2D eigenvalue weighted by Gasteiger charge is -2.16. The van der Waals surface area contributed by atoms with Gasteiger partial charge in [0.1, 0.15) is 5.75 Å². The standard InChI is InChI=1S/C12H15NO3/c1-7-4-5-8(12(15)16)10(11(7)14)9-3-2-6-13-9/h4-5,9,13-14H,2-3,6H2,1H3,(H,15,16)/t9-/m0/s1. The third-order valence-electron chi connectivity index (χ3n) is 3.06. The molecule has 1 aliphatic rings. The lowest BCUT2D eigenvalue weighted by Crippen LogP contribution is -2.17. The van der Waals surface area contributed by atoms with Crippen molar-refractivity contribution in [3.8, 4) is 5.75 Å². The van der Waals surface area contributed by atoms with Gasteiger partial charge >= 0.3 is 5.97 Å². The average Bonchev–Trinajstić information content (AvgIpc) is 2.74. The van der Waals surface area contributed by atoms with Crippen LogP contribution in [0.4, 0.5) is 0 Å². The van der Waals surface area contributed by atoms with Crippen molar-refractivity contribution in [3.63, 3.8) is 0 Å². The van der Waals surface area contributed by atoms with E-state index < -0.39 is 5.97 Å². The molecule has 1 aromatic carbocycles. The molecule has 1 fully saturated rings. The number of carboxylic acid groups (broad SMARTS) is 1. The minimum absolute atomic E-state index is 0.0361. The Morgan fingerprint density at radius 1 is 1.50 bits per heavy atom. The first kappa shape index (κ1) is 11.0. The van der Waals surface area contributed by atoms with Crippen molar-refractivity contribution in [2.45, 2.75) is 25.8 Å². The predicted molar refractivity (Wildman–Crippen MR) is 59.8 cm³/mol. The number of benzene rings is 1. The van der Waals surface area contributed by atoms with Crippen LogP contribution in [0.1, 0.15) is 40.4 Å². The maximum absolute atomic E-state index is 11.1. The molecule has 1 saturated heterocycles. The second-order valence-corrected chi connectivity index (χ2v) is 4.15. The molecule has 0 bridgehead atoms. The molecule has 4 heteroatoms. The van der Waals surface area contributed by atoms with Crippen molar-refractivity contribution in [2.24, 2.45) is 0 Å². The van der Waals surface area contributed by atoms with Crippen LogP contribution in [0.15, 0.2) is 12.1 Å². The molecule has 0 aliphatic carbocycles. The van der Waals surface area contributed by atoms with Crippen molar-refractivity contribution in [2.75, 3.05) is 6.54 Å². The van der Waals surface area contributed by atoms with Crippen LogP contribution in [-0.4, -0.2) is 22.7 Å². The molecule has 1 heterocycles. The molecular formula is C12H15NO3. The summed E-state index contributed by atoms with van der Waals surface area (Å²) in [5.74, 6) is -0.877. The van der Waals surface area contributed by atoms with Crippen molar-refractivity contribution in [1.29, 1.82) is 0 Å². The quantitative estimate of drug-likeness (QED) is 0.712. The fourth-order valence-corrected chi connectivity index (χ4v) is 2.19. The fraction of sp³-hybridized carbons (Fsp3) is 0.417. The van der Waals surface area contributed by atoms with Crippen LogP contribution < -0.4 is 5.32 Å². The van der Waals surface area contributed by atoms with Gasteiger partial charge in [-0.25, -0.2) is 4.79 Å².